The predicted octanol–water partition coefficient (Wildman–Crippen LogP) is -0.867. The van der Waals surface area contributed by atoms with Crippen molar-refractivity contribution in [3.05, 3.63) is 11.6 Å². The van der Waals surface area contributed by atoms with Gasteiger partial charge in [0.15, 0.2) is 0 Å². The first-order chi connectivity index (χ1) is 17.0. The van der Waals surface area contributed by atoms with Gasteiger partial charge in [-0.1, -0.05) is 32.4 Å². The Morgan fingerprint density at radius 3 is 2.44 bits per heavy atom. The van der Waals surface area contributed by atoms with Gasteiger partial charge in [0.05, 0.1) is 24.7 Å². The number of aliphatic hydroxyl groups excluding tert-OH is 6. The van der Waals surface area contributed by atoms with Crippen LogP contribution in [0.2, 0.25) is 0 Å². The number of hydrogen-bond donors (Lipinski definition) is 6. The molecule has 4 bridgehead atoms. The van der Waals surface area contributed by atoms with Crippen LogP contribution in [-0.2, 0) is 19.1 Å². The highest BCUT2D eigenvalue weighted by Gasteiger charge is 2.85. The van der Waals surface area contributed by atoms with Crippen molar-refractivity contribution in [1.82, 2.24) is 0 Å². The second kappa shape index (κ2) is 8.56. The van der Waals surface area contributed by atoms with Gasteiger partial charge in [0, 0.05) is 5.41 Å². The van der Waals surface area contributed by atoms with E-state index in [1.54, 1.807) is 0 Å². The standard InChI is InChI=1S/C26H38O10/c1-11(2)15-4-13-6-25(10-29)16-5-17(30)12(3)14(16)7-24(13,9-28)26(15,25)23(34)36-22-21(33)20(32)19(31)18(8-27)35-22/h4,10-14,16-22,27-28,30-33H,5-9H2,1-3H3. The fourth-order valence-electron chi connectivity index (χ4n) is 8.97. The van der Waals surface area contributed by atoms with Crippen molar-refractivity contribution in [1.29, 1.82) is 0 Å². The van der Waals surface area contributed by atoms with E-state index in [0.29, 0.717) is 24.8 Å². The number of carbonyl (C=O) groups excluding carboxylic acids is 2. The Kier molecular flexibility index (Phi) is 6.23. The number of rotatable bonds is 6. The van der Waals surface area contributed by atoms with E-state index in [-0.39, 0.29) is 36.2 Å². The first-order valence-electron chi connectivity index (χ1n) is 13.0. The molecular weight excluding hydrogens is 472 g/mol. The third kappa shape index (κ3) is 2.86. The summed E-state index contributed by atoms with van der Waals surface area (Å²) in [7, 11) is 0. The van der Waals surface area contributed by atoms with E-state index >= 15 is 0 Å². The summed E-state index contributed by atoms with van der Waals surface area (Å²) in [5, 5.41) is 62.2. The van der Waals surface area contributed by atoms with Crippen LogP contribution < -0.4 is 0 Å². The lowest BCUT2D eigenvalue weighted by Crippen LogP contribution is -2.65. The van der Waals surface area contributed by atoms with Crippen molar-refractivity contribution >= 4 is 12.3 Å². The third-order valence-corrected chi connectivity index (χ3v) is 10.6. The minimum atomic E-state index is -1.79. The van der Waals surface area contributed by atoms with Gasteiger partial charge >= 0.3 is 5.97 Å². The zero-order valence-corrected chi connectivity index (χ0v) is 20.9. The Hall–Kier alpha value is -1.40. The van der Waals surface area contributed by atoms with Crippen molar-refractivity contribution in [3.63, 3.8) is 0 Å². The Balaban J connectivity index is 1.63. The van der Waals surface area contributed by atoms with Gasteiger partial charge in [0.25, 0.3) is 0 Å². The number of aldehydes is 1. The molecule has 10 heteroatoms. The average Bonchev–Trinajstić information content (AvgIpc) is 3.38. The molecule has 1 heterocycles. The Morgan fingerprint density at radius 1 is 1.17 bits per heavy atom. The summed E-state index contributed by atoms with van der Waals surface area (Å²) >= 11 is 0. The third-order valence-electron chi connectivity index (χ3n) is 10.6. The van der Waals surface area contributed by atoms with Crippen LogP contribution in [0, 0.1) is 45.8 Å². The lowest BCUT2D eigenvalue weighted by Gasteiger charge is -2.58. The molecule has 0 aromatic rings. The zero-order valence-electron chi connectivity index (χ0n) is 20.9. The number of fused-ring (bicyclic) bond motifs is 2. The number of aliphatic hydroxyl groups is 6. The van der Waals surface area contributed by atoms with Crippen molar-refractivity contribution in [3.8, 4) is 0 Å². The van der Waals surface area contributed by atoms with Crippen LogP contribution >= 0.6 is 0 Å². The molecule has 0 radical (unpaired) electrons. The second-order valence-corrected chi connectivity index (χ2v) is 12.0. The highest BCUT2D eigenvalue weighted by atomic mass is 16.7. The Morgan fingerprint density at radius 2 is 1.86 bits per heavy atom. The van der Waals surface area contributed by atoms with Crippen LogP contribution in [0.4, 0.5) is 0 Å². The van der Waals surface area contributed by atoms with Crippen LogP contribution in [-0.4, -0.2) is 92.9 Å². The summed E-state index contributed by atoms with van der Waals surface area (Å²) in [5.41, 5.74) is -3.10. The molecule has 0 spiro atoms. The molecule has 0 aromatic heterocycles. The first kappa shape index (κ1) is 26.2. The molecular formula is C26H38O10. The molecule has 202 valence electrons. The van der Waals surface area contributed by atoms with E-state index < -0.39 is 65.6 Å². The first-order valence-corrected chi connectivity index (χ1v) is 13.0. The maximum atomic E-state index is 14.4. The van der Waals surface area contributed by atoms with Crippen molar-refractivity contribution in [2.75, 3.05) is 13.2 Å². The molecule has 5 rings (SSSR count). The summed E-state index contributed by atoms with van der Waals surface area (Å²) in [4.78, 5) is 27.6. The fourth-order valence-corrected chi connectivity index (χ4v) is 8.97. The van der Waals surface area contributed by atoms with Gasteiger partial charge in [-0.05, 0) is 48.9 Å². The number of carbonyl (C=O) groups is 2. The highest BCUT2D eigenvalue weighted by molar-refractivity contribution is 5.91. The molecule has 3 saturated carbocycles. The molecule has 0 aromatic carbocycles. The van der Waals surface area contributed by atoms with Gasteiger partial charge in [0.1, 0.15) is 36.1 Å². The van der Waals surface area contributed by atoms with Crippen LogP contribution in [0.1, 0.15) is 40.0 Å². The van der Waals surface area contributed by atoms with Crippen LogP contribution in [0.3, 0.4) is 0 Å². The van der Waals surface area contributed by atoms with E-state index in [1.807, 2.05) is 26.8 Å². The fraction of sp³-hybridized carbons (Fsp3) is 0.846. The summed E-state index contributed by atoms with van der Waals surface area (Å²) in [6.45, 7) is 4.73. The summed E-state index contributed by atoms with van der Waals surface area (Å²) < 4.78 is 11.2. The number of allylic oxidation sites excluding steroid dienone is 1. The molecule has 5 aliphatic rings. The van der Waals surface area contributed by atoms with Crippen molar-refractivity contribution < 1.29 is 49.7 Å². The molecule has 13 atom stereocenters. The monoisotopic (exact) mass is 510 g/mol. The molecule has 36 heavy (non-hydrogen) atoms. The molecule has 4 fully saturated rings. The smallest absolute Gasteiger partial charge is 0.320 e. The van der Waals surface area contributed by atoms with Crippen molar-refractivity contribution in [2.45, 2.75) is 76.8 Å². The molecule has 6 N–H and O–H groups in total. The van der Waals surface area contributed by atoms with E-state index in [0.717, 1.165) is 6.29 Å². The maximum Gasteiger partial charge on any atom is 0.320 e. The van der Waals surface area contributed by atoms with Crippen LogP contribution in [0.25, 0.3) is 0 Å². The quantitative estimate of drug-likeness (QED) is 0.150. The number of esters is 1. The predicted molar refractivity (Wildman–Crippen MR) is 123 cm³/mol. The van der Waals surface area contributed by atoms with Gasteiger partial charge in [-0.3, -0.25) is 4.79 Å². The second-order valence-electron chi connectivity index (χ2n) is 12.0. The van der Waals surface area contributed by atoms with Gasteiger partial charge in [-0.2, -0.15) is 0 Å². The van der Waals surface area contributed by atoms with E-state index in [2.05, 4.69) is 0 Å². The van der Waals surface area contributed by atoms with Crippen LogP contribution in [0.15, 0.2) is 11.6 Å². The zero-order chi connectivity index (χ0) is 26.4. The van der Waals surface area contributed by atoms with Gasteiger partial charge < -0.3 is 44.9 Å². The topological polar surface area (TPSA) is 174 Å². The van der Waals surface area contributed by atoms with Gasteiger partial charge in [0.2, 0.25) is 6.29 Å². The molecule has 0 amide bonds. The van der Waals surface area contributed by atoms with Gasteiger partial charge in [-0.25, -0.2) is 0 Å². The largest absolute Gasteiger partial charge is 0.432 e. The average molecular weight is 511 g/mol. The van der Waals surface area contributed by atoms with E-state index in [1.165, 1.54) is 0 Å². The maximum absolute atomic E-state index is 14.4. The normalized spacial score (nSPS) is 53.3. The van der Waals surface area contributed by atoms with Crippen LogP contribution in [0.5, 0.6) is 0 Å². The minimum absolute atomic E-state index is 0.0598. The molecule has 4 aliphatic carbocycles. The highest BCUT2D eigenvalue weighted by Crippen LogP contribution is 2.82. The number of hydrogen-bond acceptors (Lipinski definition) is 10. The van der Waals surface area contributed by atoms with Gasteiger partial charge in [-0.15, -0.1) is 0 Å². The van der Waals surface area contributed by atoms with Crippen molar-refractivity contribution in [2.24, 2.45) is 45.8 Å². The lowest BCUT2D eigenvalue weighted by atomic mass is 9.43. The summed E-state index contributed by atoms with van der Waals surface area (Å²) in [6, 6.07) is 0. The van der Waals surface area contributed by atoms with E-state index in [9.17, 15) is 40.2 Å². The lowest BCUT2D eigenvalue weighted by molar-refractivity contribution is -0.299. The SMILES string of the molecule is CC(C)C1=CC2CC3(C=O)C4CC(O)C(C)C4CC2(CO)C13C(=O)OC1OC(CO)C(O)C(O)C1O. The Bertz CT molecular complexity index is 949. The summed E-state index contributed by atoms with van der Waals surface area (Å²) in [6.07, 6.45) is -4.74. The van der Waals surface area contributed by atoms with E-state index in [4.69, 9.17) is 9.47 Å². The molecule has 1 aliphatic heterocycles. The molecule has 13 unspecified atom stereocenters. The Labute approximate surface area is 209 Å². The summed E-state index contributed by atoms with van der Waals surface area (Å²) in [5.74, 6) is -1.70. The molecule has 1 saturated heterocycles. The number of ether oxygens (including phenoxy) is 2. The molecule has 10 nitrogen and oxygen atoms in total. The minimum Gasteiger partial charge on any atom is -0.432 e.